The lowest BCUT2D eigenvalue weighted by molar-refractivity contribution is -0.385. The van der Waals surface area contributed by atoms with Gasteiger partial charge in [-0.2, -0.15) is 0 Å². The molecule has 2 aromatic rings. The smallest absolute Gasteiger partial charge is 0.280 e. The zero-order valence-corrected chi connectivity index (χ0v) is 11.2. The Labute approximate surface area is 115 Å². The van der Waals surface area contributed by atoms with E-state index in [1.165, 1.54) is 12.1 Å². The number of aldehydes is 1. The van der Waals surface area contributed by atoms with Crippen LogP contribution in [0.3, 0.4) is 0 Å². The summed E-state index contributed by atoms with van der Waals surface area (Å²) < 4.78 is 5.22. The van der Waals surface area contributed by atoms with Crippen molar-refractivity contribution >= 4 is 17.7 Å². The standard InChI is InChI=1S/C14H14N2O4/c1-10-11(5-6-20-10)8-15(2)13-3-4-14(16(18)19)12(7-13)9-17/h3-7,9H,8H2,1-2H3. The zero-order chi connectivity index (χ0) is 14.7. The van der Waals surface area contributed by atoms with Crippen LogP contribution in [0, 0.1) is 17.0 Å². The maximum atomic E-state index is 10.9. The summed E-state index contributed by atoms with van der Waals surface area (Å²) in [5.41, 5.74) is 1.65. The maximum Gasteiger partial charge on any atom is 0.280 e. The van der Waals surface area contributed by atoms with E-state index >= 15 is 0 Å². The normalized spacial score (nSPS) is 10.3. The number of nitrogens with zero attached hydrogens (tertiary/aromatic N) is 2. The van der Waals surface area contributed by atoms with Crippen molar-refractivity contribution in [3.05, 3.63) is 57.5 Å². The summed E-state index contributed by atoms with van der Waals surface area (Å²) in [6.07, 6.45) is 2.11. The molecule has 0 aliphatic carbocycles. The van der Waals surface area contributed by atoms with E-state index in [1.807, 2.05) is 24.9 Å². The molecule has 0 amide bonds. The monoisotopic (exact) mass is 274 g/mol. The third-order valence-corrected chi connectivity index (χ3v) is 3.15. The lowest BCUT2D eigenvalue weighted by atomic mass is 10.1. The lowest BCUT2D eigenvalue weighted by Gasteiger charge is -2.19. The third kappa shape index (κ3) is 2.69. The minimum Gasteiger partial charge on any atom is -0.469 e. The number of hydrogen-bond acceptors (Lipinski definition) is 5. The van der Waals surface area contributed by atoms with Gasteiger partial charge < -0.3 is 9.32 Å². The van der Waals surface area contributed by atoms with Crippen molar-refractivity contribution in [3.63, 3.8) is 0 Å². The predicted molar refractivity (Wildman–Crippen MR) is 74.0 cm³/mol. The SMILES string of the molecule is Cc1occc1CN(C)c1ccc([N+](=O)[O-])c(C=O)c1. The van der Waals surface area contributed by atoms with Crippen LogP contribution in [0.2, 0.25) is 0 Å². The Morgan fingerprint density at radius 3 is 2.70 bits per heavy atom. The van der Waals surface area contributed by atoms with Crippen LogP contribution in [0.4, 0.5) is 11.4 Å². The number of aryl methyl sites for hydroxylation is 1. The molecule has 0 N–H and O–H groups in total. The van der Waals surface area contributed by atoms with Gasteiger partial charge >= 0.3 is 0 Å². The van der Waals surface area contributed by atoms with E-state index in [1.54, 1.807) is 12.3 Å². The molecule has 1 heterocycles. The zero-order valence-electron chi connectivity index (χ0n) is 11.2. The van der Waals surface area contributed by atoms with Crippen molar-refractivity contribution in [2.24, 2.45) is 0 Å². The summed E-state index contributed by atoms with van der Waals surface area (Å²) in [5.74, 6) is 0.828. The highest BCUT2D eigenvalue weighted by atomic mass is 16.6. The van der Waals surface area contributed by atoms with Gasteiger partial charge in [-0.05, 0) is 25.1 Å². The number of anilines is 1. The average molecular weight is 274 g/mol. The van der Waals surface area contributed by atoms with Crippen LogP contribution in [-0.4, -0.2) is 18.3 Å². The number of rotatable bonds is 5. The minimum atomic E-state index is -0.562. The van der Waals surface area contributed by atoms with Crippen molar-refractivity contribution in [2.45, 2.75) is 13.5 Å². The highest BCUT2D eigenvalue weighted by Gasteiger charge is 2.15. The summed E-state index contributed by atoms with van der Waals surface area (Å²) in [5, 5.41) is 10.8. The first-order chi connectivity index (χ1) is 9.52. The van der Waals surface area contributed by atoms with Gasteiger partial charge in [0.1, 0.15) is 5.76 Å². The molecule has 0 unspecified atom stereocenters. The Morgan fingerprint density at radius 2 is 2.15 bits per heavy atom. The summed E-state index contributed by atoms with van der Waals surface area (Å²) in [6, 6.07) is 6.36. The average Bonchev–Trinajstić information content (AvgIpc) is 2.83. The van der Waals surface area contributed by atoms with E-state index < -0.39 is 4.92 Å². The van der Waals surface area contributed by atoms with Crippen molar-refractivity contribution < 1.29 is 14.1 Å². The molecule has 1 aromatic heterocycles. The molecule has 6 nitrogen and oxygen atoms in total. The number of hydrogen-bond donors (Lipinski definition) is 0. The maximum absolute atomic E-state index is 10.9. The summed E-state index contributed by atoms with van der Waals surface area (Å²) >= 11 is 0. The summed E-state index contributed by atoms with van der Waals surface area (Å²) in [6.45, 7) is 2.47. The molecule has 0 atom stereocenters. The van der Waals surface area contributed by atoms with Crippen molar-refractivity contribution in [1.29, 1.82) is 0 Å². The Hall–Kier alpha value is -2.63. The minimum absolute atomic E-state index is 0.0725. The molecule has 0 spiro atoms. The molecular formula is C14H14N2O4. The third-order valence-electron chi connectivity index (χ3n) is 3.15. The molecule has 0 fully saturated rings. The molecule has 0 saturated heterocycles. The van der Waals surface area contributed by atoms with E-state index in [-0.39, 0.29) is 11.3 Å². The van der Waals surface area contributed by atoms with Crippen LogP contribution < -0.4 is 4.90 Å². The number of furan rings is 1. The molecule has 0 saturated carbocycles. The van der Waals surface area contributed by atoms with Crippen LogP contribution in [0.1, 0.15) is 21.7 Å². The van der Waals surface area contributed by atoms with E-state index in [0.717, 1.165) is 17.0 Å². The van der Waals surface area contributed by atoms with E-state index in [4.69, 9.17) is 4.42 Å². The van der Waals surface area contributed by atoms with E-state index in [9.17, 15) is 14.9 Å². The van der Waals surface area contributed by atoms with Crippen LogP contribution in [0.5, 0.6) is 0 Å². The molecule has 0 bridgehead atoms. The molecule has 0 aliphatic heterocycles. The molecule has 20 heavy (non-hydrogen) atoms. The van der Waals surface area contributed by atoms with Crippen LogP contribution in [-0.2, 0) is 6.54 Å². The van der Waals surface area contributed by atoms with Crippen LogP contribution in [0.25, 0.3) is 0 Å². The first-order valence-electron chi connectivity index (χ1n) is 6.00. The Kier molecular flexibility index (Phi) is 3.84. The number of carbonyl (C=O) groups is 1. The number of benzene rings is 1. The molecule has 1 aromatic carbocycles. The van der Waals surface area contributed by atoms with Crippen molar-refractivity contribution in [2.75, 3.05) is 11.9 Å². The first kappa shape index (κ1) is 13.8. The van der Waals surface area contributed by atoms with Gasteiger partial charge in [0, 0.05) is 30.9 Å². The fourth-order valence-corrected chi connectivity index (χ4v) is 1.96. The fourth-order valence-electron chi connectivity index (χ4n) is 1.96. The first-order valence-corrected chi connectivity index (χ1v) is 6.00. The Morgan fingerprint density at radius 1 is 1.40 bits per heavy atom. The van der Waals surface area contributed by atoms with E-state index in [2.05, 4.69) is 0 Å². The Bertz CT molecular complexity index is 648. The second-order valence-corrected chi connectivity index (χ2v) is 4.48. The molecule has 6 heteroatoms. The lowest BCUT2D eigenvalue weighted by Crippen LogP contribution is -2.16. The van der Waals surface area contributed by atoms with Gasteiger partial charge in [-0.15, -0.1) is 0 Å². The quantitative estimate of drug-likeness (QED) is 0.476. The molecule has 2 rings (SSSR count). The number of nitro groups is 1. The predicted octanol–water partition coefficient (Wildman–Crippen LogP) is 2.95. The van der Waals surface area contributed by atoms with Crippen molar-refractivity contribution in [1.82, 2.24) is 0 Å². The van der Waals surface area contributed by atoms with Crippen LogP contribution >= 0.6 is 0 Å². The van der Waals surface area contributed by atoms with Gasteiger partial charge in [0.15, 0.2) is 6.29 Å². The van der Waals surface area contributed by atoms with Gasteiger partial charge in [0.25, 0.3) is 5.69 Å². The van der Waals surface area contributed by atoms with Gasteiger partial charge in [0.2, 0.25) is 0 Å². The summed E-state index contributed by atoms with van der Waals surface area (Å²) in [4.78, 5) is 23.1. The van der Waals surface area contributed by atoms with Gasteiger partial charge in [-0.3, -0.25) is 14.9 Å². The van der Waals surface area contributed by atoms with Crippen LogP contribution in [0.15, 0.2) is 34.9 Å². The summed E-state index contributed by atoms with van der Waals surface area (Å²) in [7, 11) is 1.85. The van der Waals surface area contributed by atoms with Gasteiger partial charge in [0.05, 0.1) is 16.7 Å². The second-order valence-electron chi connectivity index (χ2n) is 4.48. The topological polar surface area (TPSA) is 76.6 Å². The highest BCUT2D eigenvalue weighted by Crippen LogP contribution is 2.24. The highest BCUT2D eigenvalue weighted by molar-refractivity contribution is 5.83. The largest absolute Gasteiger partial charge is 0.469 e. The fraction of sp³-hybridized carbons (Fsp3) is 0.214. The van der Waals surface area contributed by atoms with E-state index in [0.29, 0.717) is 12.8 Å². The number of nitro benzene ring substituents is 1. The molecular weight excluding hydrogens is 260 g/mol. The van der Waals surface area contributed by atoms with Crippen molar-refractivity contribution in [3.8, 4) is 0 Å². The number of carbonyl (C=O) groups excluding carboxylic acids is 1. The second kappa shape index (κ2) is 5.56. The molecule has 104 valence electrons. The Balaban J connectivity index is 2.26. The molecule has 0 radical (unpaired) electrons. The van der Waals surface area contributed by atoms with Gasteiger partial charge in [-0.1, -0.05) is 0 Å². The van der Waals surface area contributed by atoms with Gasteiger partial charge in [-0.25, -0.2) is 0 Å². The molecule has 0 aliphatic rings.